The van der Waals surface area contributed by atoms with Crippen LogP contribution in [0.5, 0.6) is 0 Å². The molecule has 3 amide bonds. The molecule has 3 aromatic carbocycles. The van der Waals surface area contributed by atoms with E-state index in [0.29, 0.717) is 31.0 Å². The zero-order valence-corrected chi connectivity index (χ0v) is 25.2. The second-order valence-electron chi connectivity index (χ2n) is 11.6. The third-order valence-corrected chi connectivity index (χ3v) is 8.41. The van der Waals surface area contributed by atoms with Crippen molar-refractivity contribution < 1.29 is 18.8 Å². The summed E-state index contributed by atoms with van der Waals surface area (Å²) in [4.78, 5) is 41.7. The smallest absolute Gasteiger partial charge is 0.290 e. The molecule has 1 aromatic heterocycles. The second kappa shape index (κ2) is 15.3. The Morgan fingerprint density at radius 2 is 1.66 bits per heavy atom. The minimum atomic E-state index is -0.684. The molecule has 1 saturated carbocycles. The molecule has 0 spiro atoms. The highest BCUT2D eigenvalue weighted by Crippen LogP contribution is 2.26. The normalized spacial score (nSPS) is 14.2. The van der Waals surface area contributed by atoms with Gasteiger partial charge in [-0.3, -0.25) is 14.4 Å². The van der Waals surface area contributed by atoms with Gasteiger partial charge < -0.3 is 25.7 Å². The SMILES string of the molecule is NCCCC[C@@H](NC(=O)Cc1cccc2ccccc12)C(=O)Nc1ccc(CN(C(=O)c2ccco2)C2CCCCC2)cc1. The van der Waals surface area contributed by atoms with Crippen molar-refractivity contribution in [3.05, 3.63) is 102 Å². The summed E-state index contributed by atoms with van der Waals surface area (Å²) in [7, 11) is 0. The van der Waals surface area contributed by atoms with E-state index in [1.54, 1.807) is 12.1 Å². The summed E-state index contributed by atoms with van der Waals surface area (Å²) in [6.07, 6.45) is 9.10. The zero-order valence-electron chi connectivity index (χ0n) is 25.2. The number of nitrogens with one attached hydrogen (secondary N) is 2. The Balaban J connectivity index is 1.23. The van der Waals surface area contributed by atoms with Crippen molar-refractivity contribution in [1.82, 2.24) is 10.2 Å². The minimum absolute atomic E-state index is 0.0983. The number of carbonyl (C=O) groups is 3. The Labute approximate surface area is 259 Å². The number of fused-ring (bicyclic) bond motifs is 1. The minimum Gasteiger partial charge on any atom is -0.459 e. The molecule has 1 aliphatic rings. The first kappa shape index (κ1) is 31.0. The summed E-state index contributed by atoms with van der Waals surface area (Å²) in [5, 5.41) is 8.04. The average molecular weight is 595 g/mol. The van der Waals surface area contributed by atoms with Crippen LogP contribution in [0.4, 0.5) is 5.69 Å². The standard InChI is InChI=1S/C36H42N4O4/c37-22-7-6-16-32(39-34(41)24-28-12-8-11-27-10-4-5-15-31(27)28)35(42)38-29-20-18-26(19-21-29)25-40(30-13-2-1-3-14-30)36(43)33-17-9-23-44-33/h4-5,8-12,15,17-21,23,30,32H,1-3,6-7,13-14,16,22,24-25,37H2,(H,38,42)(H,39,41)/t32-/m1/s1. The largest absolute Gasteiger partial charge is 0.459 e. The molecule has 1 aliphatic carbocycles. The lowest BCUT2D eigenvalue weighted by molar-refractivity contribution is -0.126. The van der Waals surface area contributed by atoms with E-state index >= 15 is 0 Å². The van der Waals surface area contributed by atoms with Crippen LogP contribution in [0.3, 0.4) is 0 Å². The molecule has 0 saturated heterocycles. The summed E-state index contributed by atoms with van der Waals surface area (Å²) in [5.74, 6) is -0.215. The first-order chi connectivity index (χ1) is 21.5. The third kappa shape index (κ3) is 8.14. The van der Waals surface area contributed by atoms with Crippen molar-refractivity contribution in [1.29, 1.82) is 0 Å². The molecule has 8 nitrogen and oxygen atoms in total. The van der Waals surface area contributed by atoms with Gasteiger partial charge >= 0.3 is 0 Å². The maximum atomic E-state index is 13.4. The highest BCUT2D eigenvalue weighted by atomic mass is 16.3. The molecule has 8 heteroatoms. The van der Waals surface area contributed by atoms with Crippen LogP contribution in [-0.2, 0) is 22.6 Å². The van der Waals surface area contributed by atoms with Gasteiger partial charge in [0.2, 0.25) is 11.8 Å². The van der Waals surface area contributed by atoms with Crippen LogP contribution < -0.4 is 16.4 Å². The number of rotatable bonds is 13. The van der Waals surface area contributed by atoms with Crippen LogP contribution in [0, 0.1) is 0 Å². The van der Waals surface area contributed by atoms with Crippen LogP contribution in [0.25, 0.3) is 10.8 Å². The Morgan fingerprint density at radius 1 is 0.886 bits per heavy atom. The van der Waals surface area contributed by atoms with Crippen molar-refractivity contribution >= 4 is 34.2 Å². The quantitative estimate of drug-likeness (QED) is 0.159. The highest BCUT2D eigenvalue weighted by molar-refractivity contribution is 5.98. The Hall–Kier alpha value is -4.43. The van der Waals surface area contributed by atoms with Gasteiger partial charge in [0.25, 0.3) is 5.91 Å². The van der Waals surface area contributed by atoms with Crippen LogP contribution >= 0.6 is 0 Å². The monoisotopic (exact) mass is 594 g/mol. The fourth-order valence-corrected chi connectivity index (χ4v) is 6.05. The first-order valence-electron chi connectivity index (χ1n) is 15.7. The van der Waals surface area contributed by atoms with Crippen molar-refractivity contribution in [2.45, 2.75) is 76.4 Å². The molecule has 1 heterocycles. The van der Waals surface area contributed by atoms with Gasteiger partial charge in [-0.05, 0) is 84.8 Å². The van der Waals surface area contributed by atoms with Gasteiger partial charge in [0.15, 0.2) is 5.76 Å². The maximum Gasteiger partial charge on any atom is 0.290 e. The lowest BCUT2D eigenvalue weighted by Gasteiger charge is -2.34. The van der Waals surface area contributed by atoms with Crippen molar-refractivity contribution in [2.75, 3.05) is 11.9 Å². The summed E-state index contributed by atoms with van der Waals surface area (Å²) in [5.41, 5.74) is 8.22. The van der Waals surface area contributed by atoms with Crippen molar-refractivity contribution in [3.8, 4) is 0 Å². The second-order valence-corrected chi connectivity index (χ2v) is 11.6. The number of anilines is 1. The van der Waals surface area contributed by atoms with Gasteiger partial charge in [-0.1, -0.05) is 73.9 Å². The van der Waals surface area contributed by atoms with E-state index in [1.807, 2.05) is 71.6 Å². The summed E-state index contributed by atoms with van der Waals surface area (Å²) < 4.78 is 5.43. The Kier molecular flexibility index (Phi) is 10.8. The van der Waals surface area contributed by atoms with Crippen LogP contribution in [0.1, 0.15) is 73.0 Å². The van der Waals surface area contributed by atoms with E-state index in [2.05, 4.69) is 10.6 Å². The molecule has 230 valence electrons. The maximum absolute atomic E-state index is 13.4. The zero-order chi connectivity index (χ0) is 30.7. The number of benzene rings is 3. The number of carbonyl (C=O) groups excluding carboxylic acids is 3. The molecule has 44 heavy (non-hydrogen) atoms. The van der Waals surface area contributed by atoms with Crippen molar-refractivity contribution in [3.63, 3.8) is 0 Å². The number of hydrogen-bond donors (Lipinski definition) is 3. The number of hydrogen-bond acceptors (Lipinski definition) is 5. The van der Waals surface area contributed by atoms with Gasteiger partial charge in [0.05, 0.1) is 12.7 Å². The molecular weight excluding hydrogens is 552 g/mol. The number of furan rings is 1. The molecule has 5 rings (SSSR count). The molecular formula is C36H42N4O4. The number of nitrogens with zero attached hydrogens (tertiary/aromatic N) is 1. The highest BCUT2D eigenvalue weighted by Gasteiger charge is 2.28. The number of nitrogens with two attached hydrogens (primary N) is 1. The van der Waals surface area contributed by atoms with Crippen LogP contribution in [0.15, 0.2) is 89.5 Å². The number of amides is 3. The van der Waals surface area contributed by atoms with E-state index in [4.69, 9.17) is 10.2 Å². The van der Waals surface area contributed by atoms with Gasteiger partial charge in [-0.25, -0.2) is 0 Å². The molecule has 4 N–H and O–H groups in total. The summed E-state index contributed by atoms with van der Waals surface area (Å²) in [6.45, 7) is 0.990. The van der Waals surface area contributed by atoms with Crippen LogP contribution in [-0.4, -0.2) is 41.2 Å². The molecule has 0 aliphatic heterocycles. The van der Waals surface area contributed by atoms with Crippen LogP contribution in [0.2, 0.25) is 0 Å². The number of unbranched alkanes of at least 4 members (excludes halogenated alkanes) is 1. The molecule has 0 bridgehead atoms. The molecule has 4 aromatic rings. The Morgan fingerprint density at radius 3 is 2.41 bits per heavy atom. The molecule has 1 atom stereocenters. The topological polar surface area (TPSA) is 118 Å². The van der Waals surface area contributed by atoms with Gasteiger partial charge in [-0.15, -0.1) is 0 Å². The Bertz CT molecular complexity index is 1520. The van der Waals surface area contributed by atoms with E-state index < -0.39 is 6.04 Å². The summed E-state index contributed by atoms with van der Waals surface area (Å²) in [6, 6.07) is 24.4. The van der Waals surface area contributed by atoms with Gasteiger partial charge in [0.1, 0.15) is 6.04 Å². The predicted molar refractivity (Wildman–Crippen MR) is 173 cm³/mol. The van der Waals surface area contributed by atoms with E-state index in [-0.39, 0.29) is 30.2 Å². The van der Waals surface area contributed by atoms with Crippen molar-refractivity contribution in [2.24, 2.45) is 5.73 Å². The van der Waals surface area contributed by atoms with E-state index in [0.717, 1.165) is 60.4 Å². The predicted octanol–water partition coefficient (Wildman–Crippen LogP) is 6.20. The van der Waals surface area contributed by atoms with E-state index in [9.17, 15) is 14.4 Å². The lowest BCUT2D eigenvalue weighted by Crippen LogP contribution is -2.44. The summed E-state index contributed by atoms with van der Waals surface area (Å²) >= 11 is 0. The molecule has 0 unspecified atom stereocenters. The molecule has 1 fully saturated rings. The first-order valence-corrected chi connectivity index (χ1v) is 15.7. The van der Waals surface area contributed by atoms with E-state index in [1.165, 1.54) is 12.7 Å². The van der Waals surface area contributed by atoms with Gasteiger partial charge in [-0.2, -0.15) is 0 Å². The van der Waals surface area contributed by atoms with Gasteiger partial charge in [0, 0.05) is 18.3 Å². The third-order valence-electron chi connectivity index (χ3n) is 8.41. The fourth-order valence-electron chi connectivity index (χ4n) is 6.05. The molecule has 0 radical (unpaired) electrons. The lowest BCUT2D eigenvalue weighted by atomic mass is 9.93. The average Bonchev–Trinajstić information content (AvgIpc) is 3.60. The fraction of sp³-hybridized carbons (Fsp3) is 0.361.